The monoisotopic (exact) mass is 270 g/mol. The van der Waals surface area contributed by atoms with Crippen LogP contribution in [0.4, 0.5) is 0 Å². The molecule has 2 nitrogen and oxygen atoms in total. The van der Waals surface area contributed by atoms with Gasteiger partial charge in [-0.05, 0) is 94.1 Å². The maximum Gasteiger partial charge on any atom is 0.103 e. The zero-order valence-electron chi connectivity index (χ0n) is 12.5. The zero-order valence-corrected chi connectivity index (χ0v) is 12.5. The zero-order chi connectivity index (χ0) is 13.4. The van der Waals surface area contributed by atoms with Gasteiger partial charge in [0.25, 0.3) is 0 Å². The first kappa shape index (κ1) is 12.8. The molecule has 2 fully saturated rings. The van der Waals surface area contributed by atoms with Crippen LogP contribution in [0.25, 0.3) is 0 Å². The van der Waals surface area contributed by atoms with Crippen molar-refractivity contribution in [3.63, 3.8) is 0 Å². The Morgan fingerprint density at radius 1 is 0.950 bits per heavy atom. The van der Waals surface area contributed by atoms with Crippen LogP contribution >= 0.6 is 0 Å². The molecule has 4 aliphatic rings. The molecule has 2 unspecified atom stereocenters. The minimum absolute atomic E-state index is 0.122. The third-order valence-corrected chi connectivity index (χ3v) is 6.01. The second kappa shape index (κ2) is 5.13. The van der Waals surface area contributed by atoms with Gasteiger partial charge in [-0.25, -0.2) is 0 Å². The van der Waals surface area contributed by atoms with Crippen LogP contribution in [-0.4, -0.2) is 5.54 Å². The van der Waals surface area contributed by atoms with E-state index in [9.17, 15) is 0 Å². The Bertz CT molecular complexity index is 486. The van der Waals surface area contributed by atoms with Crippen LogP contribution in [0.2, 0.25) is 0 Å². The Hall–Kier alpha value is -0.920. The lowest BCUT2D eigenvalue weighted by atomic mass is 9.83. The standard InChI is InChI=1S/C18H26N2/c1-2-12-18(13-5-9-15(18)8-1)20-19-17-11-4-7-14-6-3-10-16(14)17/h8,14H,1-7,9-13H2. The second-order valence-electron chi connectivity index (χ2n) is 7.16. The minimum atomic E-state index is 0.122. The lowest BCUT2D eigenvalue weighted by Crippen LogP contribution is -2.26. The molecule has 4 aliphatic carbocycles. The van der Waals surface area contributed by atoms with Crippen LogP contribution in [0.5, 0.6) is 0 Å². The minimum Gasteiger partial charge on any atom is -0.178 e. The first-order valence-corrected chi connectivity index (χ1v) is 8.72. The van der Waals surface area contributed by atoms with E-state index in [1.54, 1.807) is 11.1 Å². The maximum atomic E-state index is 4.96. The highest BCUT2D eigenvalue weighted by molar-refractivity contribution is 5.28. The van der Waals surface area contributed by atoms with E-state index < -0.39 is 0 Å². The molecule has 0 aromatic carbocycles. The normalized spacial score (nSPS) is 37.2. The van der Waals surface area contributed by atoms with Crippen molar-refractivity contribution in [1.82, 2.24) is 0 Å². The summed E-state index contributed by atoms with van der Waals surface area (Å²) in [4.78, 5) is 0. The van der Waals surface area contributed by atoms with E-state index in [0.717, 1.165) is 5.92 Å². The second-order valence-corrected chi connectivity index (χ2v) is 7.16. The molecule has 0 bridgehead atoms. The number of rotatable bonds is 2. The molecule has 0 aromatic heterocycles. The Kier molecular flexibility index (Phi) is 3.28. The number of azo groups is 1. The van der Waals surface area contributed by atoms with Crippen LogP contribution in [0.15, 0.2) is 33.1 Å². The van der Waals surface area contributed by atoms with Gasteiger partial charge in [0.05, 0.1) is 5.70 Å². The molecular formula is C18H26N2. The van der Waals surface area contributed by atoms with Gasteiger partial charge in [0.1, 0.15) is 5.54 Å². The number of hydrogen-bond donors (Lipinski definition) is 0. The average Bonchev–Trinajstić information content (AvgIpc) is 3.12. The van der Waals surface area contributed by atoms with Crippen molar-refractivity contribution in [2.45, 2.75) is 82.6 Å². The van der Waals surface area contributed by atoms with Gasteiger partial charge in [0, 0.05) is 0 Å². The maximum absolute atomic E-state index is 4.96. The van der Waals surface area contributed by atoms with Crippen molar-refractivity contribution in [2.75, 3.05) is 0 Å². The third kappa shape index (κ3) is 2.08. The third-order valence-electron chi connectivity index (χ3n) is 6.01. The van der Waals surface area contributed by atoms with Crippen molar-refractivity contribution in [2.24, 2.45) is 16.1 Å². The highest BCUT2D eigenvalue weighted by Crippen LogP contribution is 2.47. The van der Waals surface area contributed by atoms with E-state index in [0.29, 0.717) is 0 Å². The Balaban J connectivity index is 1.62. The number of hydrogen-bond acceptors (Lipinski definition) is 2. The van der Waals surface area contributed by atoms with Crippen LogP contribution in [0, 0.1) is 5.92 Å². The average molecular weight is 270 g/mol. The number of fused-ring (bicyclic) bond motifs is 2. The quantitative estimate of drug-likeness (QED) is 0.453. The summed E-state index contributed by atoms with van der Waals surface area (Å²) < 4.78 is 0. The molecule has 20 heavy (non-hydrogen) atoms. The fourth-order valence-electron chi connectivity index (χ4n) is 4.94. The Morgan fingerprint density at radius 3 is 2.75 bits per heavy atom. The predicted octanol–water partition coefficient (Wildman–Crippen LogP) is 5.71. The van der Waals surface area contributed by atoms with Crippen molar-refractivity contribution in [3.05, 3.63) is 22.9 Å². The van der Waals surface area contributed by atoms with E-state index >= 15 is 0 Å². The first-order valence-electron chi connectivity index (χ1n) is 8.72. The lowest BCUT2D eigenvalue weighted by Gasteiger charge is -2.29. The van der Waals surface area contributed by atoms with E-state index in [2.05, 4.69) is 6.08 Å². The molecule has 0 aromatic rings. The molecule has 2 saturated carbocycles. The Morgan fingerprint density at radius 2 is 1.80 bits per heavy atom. The van der Waals surface area contributed by atoms with Crippen molar-refractivity contribution >= 4 is 0 Å². The van der Waals surface area contributed by atoms with Gasteiger partial charge in [-0.2, -0.15) is 10.2 Å². The predicted molar refractivity (Wildman–Crippen MR) is 81.6 cm³/mol. The summed E-state index contributed by atoms with van der Waals surface area (Å²) in [5, 5.41) is 9.81. The number of nitrogens with zero attached hydrogens (tertiary/aromatic N) is 2. The molecule has 108 valence electrons. The van der Waals surface area contributed by atoms with Gasteiger partial charge in [-0.1, -0.05) is 6.08 Å². The molecular weight excluding hydrogens is 244 g/mol. The SMILES string of the molecule is C1=C2CCCC2(N=NC2=C3CCCC3CCC2)CCC1. The van der Waals surface area contributed by atoms with Crippen LogP contribution in [-0.2, 0) is 0 Å². The largest absolute Gasteiger partial charge is 0.178 e. The summed E-state index contributed by atoms with van der Waals surface area (Å²) in [7, 11) is 0. The van der Waals surface area contributed by atoms with Gasteiger partial charge in [0.15, 0.2) is 0 Å². The lowest BCUT2D eigenvalue weighted by molar-refractivity contribution is 0.417. The fraction of sp³-hybridized carbons (Fsp3) is 0.778. The topological polar surface area (TPSA) is 24.7 Å². The summed E-state index contributed by atoms with van der Waals surface area (Å²) >= 11 is 0. The molecule has 0 radical (unpaired) electrons. The molecule has 2 heteroatoms. The molecule has 0 saturated heterocycles. The molecule has 0 N–H and O–H groups in total. The summed E-state index contributed by atoms with van der Waals surface area (Å²) in [6.07, 6.45) is 18.1. The van der Waals surface area contributed by atoms with Crippen molar-refractivity contribution in [1.29, 1.82) is 0 Å². The fourth-order valence-corrected chi connectivity index (χ4v) is 4.94. The van der Waals surface area contributed by atoms with Gasteiger partial charge in [0.2, 0.25) is 0 Å². The van der Waals surface area contributed by atoms with Gasteiger partial charge >= 0.3 is 0 Å². The summed E-state index contributed by atoms with van der Waals surface area (Å²) in [5.41, 5.74) is 4.79. The highest BCUT2D eigenvalue weighted by Gasteiger charge is 2.40. The highest BCUT2D eigenvalue weighted by atomic mass is 15.2. The molecule has 2 atom stereocenters. The van der Waals surface area contributed by atoms with Gasteiger partial charge in [-0.3, -0.25) is 0 Å². The summed E-state index contributed by atoms with van der Waals surface area (Å²) in [6, 6.07) is 0. The molecule has 0 spiro atoms. The molecule has 0 aliphatic heterocycles. The van der Waals surface area contributed by atoms with Crippen LogP contribution in [0.1, 0.15) is 77.0 Å². The van der Waals surface area contributed by atoms with E-state index in [1.165, 1.54) is 82.7 Å². The smallest absolute Gasteiger partial charge is 0.103 e. The molecule has 0 amide bonds. The molecule has 4 rings (SSSR count). The van der Waals surface area contributed by atoms with E-state index in [-0.39, 0.29) is 5.54 Å². The van der Waals surface area contributed by atoms with Crippen molar-refractivity contribution in [3.8, 4) is 0 Å². The van der Waals surface area contributed by atoms with Crippen LogP contribution < -0.4 is 0 Å². The molecule has 0 heterocycles. The first-order chi connectivity index (χ1) is 9.87. The number of allylic oxidation sites excluding steroid dienone is 3. The van der Waals surface area contributed by atoms with Gasteiger partial charge in [-0.15, -0.1) is 0 Å². The van der Waals surface area contributed by atoms with Crippen molar-refractivity contribution < 1.29 is 0 Å². The van der Waals surface area contributed by atoms with Crippen LogP contribution in [0.3, 0.4) is 0 Å². The van der Waals surface area contributed by atoms with Gasteiger partial charge < -0.3 is 0 Å². The van der Waals surface area contributed by atoms with E-state index in [1.807, 2.05) is 0 Å². The summed E-state index contributed by atoms with van der Waals surface area (Å²) in [6.45, 7) is 0. The van der Waals surface area contributed by atoms with E-state index in [4.69, 9.17) is 10.2 Å². The Labute approximate surface area is 122 Å². The summed E-state index contributed by atoms with van der Waals surface area (Å²) in [5.74, 6) is 0.861.